The molecule has 1 atom stereocenters. The van der Waals surface area contributed by atoms with Crippen molar-refractivity contribution in [3.05, 3.63) is 34.9 Å². The topological polar surface area (TPSA) is 49.7 Å². The van der Waals surface area contributed by atoms with Gasteiger partial charge in [-0.05, 0) is 25.5 Å². The lowest BCUT2D eigenvalue weighted by molar-refractivity contribution is -0.210. The summed E-state index contributed by atoms with van der Waals surface area (Å²) in [5.74, 6) is -1.25. The standard InChI is InChI=1S/C12H17ClO3/c1-12(2,15)16-11(7-8-14)9-5-3-4-6-10(9)13/h3-6,11,14-15H,7-8H2,1-2H3/t11-/m1/s1. The summed E-state index contributed by atoms with van der Waals surface area (Å²) in [6.07, 6.45) is -0.00743. The SMILES string of the molecule is CC(C)(O)O[C@H](CCO)c1ccccc1Cl. The van der Waals surface area contributed by atoms with E-state index in [2.05, 4.69) is 0 Å². The van der Waals surface area contributed by atoms with Gasteiger partial charge in [0.05, 0.1) is 6.10 Å². The monoisotopic (exact) mass is 244 g/mol. The predicted octanol–water partition coefficient (Wildman–Crippen LogP) is 2.51. The van der Waals surface area contributed by atoms with Crippen molar-refractivity contribution >= 4 is 11.6 Å². The van der Waals surface area contributed by atoms with Crippen molar-refractivity contribution < 1.29 is 14.9 Å². The first-order valence-electron chi connectivity index (χ1n) is 5.19. The molecule has 3 nitrogen and oxygen atoms in total. The summed E-state index contributed by atoms with van der Waals surface area (Å²) < 4.78 is 5.46. The second-order valence-electron chi connectivity index (χ2n) is 4.09. The van der Waals surface area contributed by atoms with Gasteiger partial charge in [-0.3, -0.25) is 0 Å². The molecule has 0 aliphatic rings. The van der Waals surface area contributed by atoms with E-state index in [0.717, 1.165) is 5.56 Å². The summed E-state index contributed by atoms with van der Waals surface area (Å²) in [4.78, 5) is 0. The lowest BCUT2D eigenvalue weighted by Gasteiger charge is -2.26. The molecule has 1 rings (SSSR count). The van der Waals surface area contributed by atoms with E-state index < -0.39 is 11.9 Å². The fraction of sp³-hybridized carbons (Fsp3) is 0.500. The first-order valence-corrected chi connectivity index (χ1v) is 5.57. The number of ether oxygens (including phenoxy) is 1. The van der Waals surface area contributed by atoms with Crippen LogP contribution in [-0.2, 0) is 4.74 Å². The smallest absolute Gasteiger partial charge is 0.160 e. The number of hydrogen-bond acceptors (Lipinski definition) is 3. The Balaban J connectivity index is 2.89. The van der Waals surface area contributed by atoms with Gasteiger partial charge < -0.3 is 14.9 Å². The Morgan fingerprint density at radius 1 is 1.38 bits per heavy atom. The van der Waals surface area contributed by atoms with Crippen LogP contribution in [0.25, 0.3) is 0 Å². The zero-order chi connectivity index (χ0) is 12.2. The average molecular weight is 245 g/mol. The molecule has 0 radical (unpaired) electrons. The van der Waals surface area contributed by atoms with Crippen LogP contribution in [0.5, 0.6) is 0 Å². The number of aliphatic hydroxyl groups excluding tert-OH is 1. The van der Waals surface area contributed by atoms with Gasteiger partial charge in [0.25, 0.3) is 0 Å². The first-order chi connectivity index (χ1) is 7.44. The van der Waals surface area contributed by atoms with Gasteiger partial charge in [0.2, 0.25) is 0 Å². The average Bonchev–Trinajstić information content (AvgIpc) is 2.16. The van der Waals surface area contributed by atoms with E-state index >= 15 is 0 Å². The maximum Gasteiger partial charge on any atom is 0.160 e. The van der Waals surface area contributed by atoms with Crippen molar-refractivity contribution in [3.63, 3.8) is 0 Å². The van der Waals surface area contributed by atoms with Crippen LogP contribution in [-0.4, -0.2) is 22.6 Å². The highest BCUT2D eigenvalue weighted by Crippen LogP contribution is 2.30. The van der Waals surface area contributed by atoms with Gasteiger partial charge in [-0.1, -0.05) is 29.8 Å². The minimum absolute atomic E-state index is 0.0219. The van der Waals surface area contributed by atoms with E-state index in [1.54, 1.807) is 19.9 Å². The molecular weight excluding hydrogens is 228 g/mol. The molecule has 0 aromatic heterocycles. The van der Waals surface area contributed by atoms with Gasteiger partial charge >= 0.3 is 0 Å². The Hall–Kier alpha value is -0.610. The molecule has 0 saturated carbocycles. The molecule has 2 N–H and O–H groups in total. The predicted molar refractivity (Wildman–Crippen MR) is 63.3 cm³/mol. The van der Waals surface area contributed by atoms with Crippen LogP contribution < -0.4 is 0 Å². The maximum atomic E-state index is 9.62. The van der Waals surface area contributed by atoms with Crippen molar-refractivity contribution in [2.45, 2.75) is 32.2 Å². The summed E-state index contributed by atoms with van der Waals surface area (Å²) in [5.41, 5.74) is 0.778. The molecule has 1 aromatic rings. The zero-order valence-electron chi connectivity index (χ0n) is 9.48. The molecule has 0 amide bonds. The van der Waals surface area contributed by atoms with Gasteiger partial charge in [0, 0.05) is 18.1 Å². The Kier molecular flexibility index (Phi) is 4.74. The maximum absolute atomic E-state index is 9.62. The van der Waals surface area contributed by atoms with Crippen LogP contribution in [0.3, 0.4) is 0 Å². The molecular formula is C12H17ClO3. The van der Waals surface area contributed by atoms with E-state index in [1.165, 1.54) is 0 Å². The highest BCUT2D eigenvalue weighted by Gasteiger charge is 2.23. The van der Waals surface area contributed by atoms with E-state index in [4.69, 9.17) is 21.4 Å². The van der Waals surface area contributed by atoms with Gasteiger partial charge in [0.15, 0.2) is 5.79 Å². The Bertz CT molecular complexity index is 333. The van der Waals surface area contributed by atoms with Crippen LogP contribution in [0.1, 0.15) is 31.9 Å². The molecule has 1 aromatic carbocycles. The van der Waals surface area contributed by atoms with Crippen molar-refractivity contribution in [3.8, 4) is 0 Å². The molecule has 4 heteroatoms. The molecule has 0 saturated heterocycles. The van der Waals surface area contributed by atoms with Crippen LogP contribution in [0.15, 0.2) is 24.3 Å². The Labute approximate surface area is 101 Å². The molecule has 0 heterocycles. The van der Waals surface area contributed by atoms with Gasteiger partial charge in [-0.15, -0.1) is 0 Å². The van der Waals surface area contributed by atoms with Crippen molar-refractivity contribution in [2.75, 3.05) is 6.61 Å². The molecule has 0 fully saturated rings. The van der Waals surface area contributed by atoms with Crippen LogP contribution in [0, 0.1) is 0 Å². The Morgan fingerprint density at radius 2 is 2.00 bits per heavy atom. The van der Waals surface area contributed by atoms with E-state index in [9.17, 15) is 5.11 Å². The second-order valence-corrected chi connectivity index (χ2v) is 4.49. The largest absolute Gasteiger partial charge is 0.396 e. The minimum atomic E-state index is -1.25. The number of aliphatic hydroxyl groups is 2. The molecule has 0 spiro atoms. The zero-order valence-corrected chi connectivity index (χ0v) is 10.2. The lowest BCUT2D eigenvalue weighted by atomic mass is 10.1. The lowest BCUT2D eigenvalue weighted by Crippen LogP contribution is -2.26. The van der Waals surface area contributed by atoms with Crippen molar-refractivity contribution in [2.24, 2.45) is 0 Å². The van der Waals surface area contributed by atoms with Gasteiger partial charge in [-0.25, -0.2) is 0 Å². The summed E-state index contributed by atoms with van der Waals surface area (Å²) >= 11 is 6.04. The third-order valence-electron chi connectivity index (χ3n) is 2.07. The first kappa shape index (κ1) is 13.5. The summed E-state index contributed by atoms with van der Waals surface area (Å²) in [5, 5.41) is 19.2. The summed E-state index contributed by atoms with van der Waals surface area (Å²) in [6.45, 7) is 3.08. The fourth-order valence-electron chi connectivity index (χ4n) is 1.48. The molecule has 0 bridgehead atoms. The molecule has 0 unspecified atom stereocenters. The third-order valence-corrected chi connectivity index (χ3v) is 2.42. The Morgan fingerprint density at radius 3 is 2.50 bits per heavy atom. The molecule has 0 aliphatic heterocycles. The third kappa shape index (κ3) is 4.10. The molecule has 90 valence electrons. The summed E-state index contributed by atoms with van der Waals surface area (Å²) in [7, 11) is 0. The summed E-state index contributed by atoms with van der Waals surface area (Å²) in [6, 6.07) is 7.26. The van der Waals surface area contributed by atoms with Crippen LogP contribution >= 0.6 is 11.6 Å². The van der Waals surface area contributed by atoms with Crippen LogP contribution in [0.2, 0.25) is 5.02 Å². The number of hydrogen-bond donors (Lipinski definition) is 2. The number of benzene rings is 1. The minimum Gasteiger partial charge on any atom is -0.396 e. The molecule has 16 heavy (non-hydrogen) atoms. The molecule has 0 aliphatic carbocycles. The quantitative estimate of drug-likeness (QED) is 0.783. The highest BCUT2D eigenvalue weighted by atomic mass is 35.5. The van der Waals surface area contributed by atoms with Gasteiger partial charge in [-0.2, -0.15) is 0 Å². The van der Waals surface area contributed by atoms with Gasteiger partial charge in [0.1, 0.15) is 0 Å². The number of halogens is 1. The van der Waals surface area contributed by atoms with E-state index in [1.807, 2.05) is 18.2 Å². The van der Waals surface area contributed by atoms with Crippen molar-refractivity contribution in [1.82, 2.24) is 0 Å². The highest BCUT2D eigenvalue weighted by molar-refractivity contribution is 6.31. The van der Waals surface area contributed by atoms with Crippen molar-refractivity contribution in [1.29, 1.82) is 0 Å². The number of rotatable bonds is 5. The second kappa shape index (κ2) is 5.64. The van der Waals surface area contributed by atoms with Crippen LogP contribution in [0.4, 0.5) is 0 Å². The van der Waals surface area contributed by atoms with E-state index in [0.29, 0.717) is 11.4 Å². The van der Waals surface area contributed by atoms with E-state index in [-0.39, 0.29) is 6.61 Å². The normalized spacial score (nSPS) is 13.8. The fourth-order valence-corrected chi connectivity index (χ4v) is 1.74.